The molecule has 1 aromatic rings. The van der Waals surface area contributed by atoms with Crippen LogP contribution in [0.25, 0.3) is 0 Å². The van der Waals surface area contributed by atoms with Gasteiger partial charge in [0, 0.05) is 28.4 Å². The van der Waals surface area contributed by atoms with E-state index in [0.29, 0.717) is 11.1 Å². The van der Waals surface area contributed by atoms with Crippen molar-refractivity contribution in [1.29, 1.82) is 1.43 Å². The highest BCUT2D eigenvalue weighted by atomic mass is 16.5. The summed E-state index contributed by atoms with van der Waals surface area (Å²) >= 11 is 0. The highest BCUT2D eigenvalue weighted by Gasteiger charge is 2.64. The van der Waals surface area contributed by atoms with Crippen LogP contribution >= 0.6 is 0 Å². The lowest BCUT2D eigenvalue weighted by molar-refractivity contribution is -0.0453. The van der Waals surface area contributed by atoms with Crippen molar-refractivity contribution in [2.75, 3.05) is 20.6 Å². The Balaban J connectivity index is 1.80. The molecule has 1 N–H and O–H groups in total. The molecule has 1 saturated heterocycles. The van der Waals surface area contributed by atoms with Gasteiger partial charge in [0.25, 0.3) is 0 Å². The first-order valence-corrected chi connectivity index (χ1v) is 7.41. The van der Waals surface area contributed by atoms with Gasteiger partial charge in [-0.3, -0.25) is 0 Å². The minimum Gasteiger partial charge on any atom is -0.493 e. The van der Waals surface area contributed by atoms with Crippen LogP contribution in [0.4, 0.5) is 0 Å². The topological polar surface area (TPSA) is 41.9 Å². The molecule has 2 aliphatic carbocycles. The first-order chi connectivity index (χ1) is 14.3. The van der Waals surface area contributed by atoms with Gasteiger partial charge < -0.3 is 19.5 Å². The largest absolute Gasteiger partial charge is 0.493 e. The van der Waals surface area contributed by atoms with Crippen LogP contribution in [0.1, 0.15) is 28.5 Å². The van der Waals surface area contributed by atoms with Gasteiger partial charge in [0.15, 0.2) is 11.5 Å². The number of likely N-dealkylation sites (N-methyl/N-ethyl adjacent to an activating group) is 1. The van der Waals surface area contributed by atoms with E-state index in [1.165, 1.54) is 23.1 Å². The highest BCUT2D eigenvalue weighted by Crippen LogP contribution is 2.62. The van der Waals surface area contributed by atoms with Crippen LogP contribution in [0, 0.1) is 5.89 Å². The molecule has 4 heteroatoms. The lowest BCUT2D eigenvalue weighted by Gasteiger charge is -2.56. The average Bonchev–Trinajstić information content (AvgIpc) is 2.90. The van der Waals surface area contributed by atoms with Gasteiger partial charge in [-0.05, 0) is 38.0 Å². The minimum atomic E-state index is -2.75. The van der Waals surface area contributed by atoms with Gasteiger partial charge in [0.1, 0.15) is 12.2 Å². The molecule has 2 unspecified atom stereocenters. The molecule has 4 nitrogen and oxygen atoms in total. The zero-order valence-electron chi connectivity index (χ0n) is 20.8. The summed E-state index contributed by atoms with van der Waals surface area (Å²) in [6, 6.07) is 2.33. The van der Waals surface area contributed by atoms with Crippen LogP contribution < -0.4 is 9.47 Å². The lowest BCUT2D eigenvalue weighted by atomic mass is 9.53. The number of hydrogen-bond donors (Lipinski definition) is 1. The van der Waals surface area contributed by atoms with Crippen LogP contribution in [-0.2, 0) is 11.8 Å². The second-order valence-corrected chi connectivity index (χ2v) is 6.30. The normalized spacial score (nSPS) is 54.8. The number of benzene rings is 1. The Labute approximate surface area is 143 Å². The summed E-state index contributed by atoms with van der Waals surface area (Å²) in [5.41, 5.74) is -0.181. The van der Waals surface area contributed by atoms with E-state index in [1.54, 1.807) is 6.07 Å². The first-order valence-electron chi connectivity index (χ1n) is 11.8. The fourth-order valence-corrected chi connectivity index (χ4v) is 4.58. The van der Waals surface area contributed by atoms with Crippen molar-refractivity contribution < 1.29 is 25.5 Å². The maximum Gasteiger partial charge on any atom is 0.211 e. The van der Waals surface area contributed by atoms with Crippen LogP contribution in [0.2, 0.25) is 0 Å². The van der Waals surface area contributed by atoms with Crippen molar-refractivity contribution in [3.63, 3.8) is 0 Å². The number of ether oxygens (including phenoxy) is 2. The second-order valence-electron chi connectivity index (χ2n) is 6.30. The summed E-state index contributed by atoms with van der Waals surface area (Å²) in [6.07, 6.45) is 0.121. The Hall–Kier alpha value is -1.52. The van der Waals surface area contributed by atoms with Crippen molar-refractivity contribution in [3.8, 4) is 11.5 Å². The summed E-state index contributed by atoms with van der Waals surface area (Å²) in [5.74, 6) is -1.57. The molecule has 0 aromatic heterocycles. The quantitative estimate of drug-likeness (QED) is 0.841. The summed E-state index contributed by atoms with van der Waals surface area (Å²) < 4.78 is 83.8. The fourth-order valence-electron chi connectivity index (χ4n) is 4.58. The summed E-state index contributed by atoms with van der Waals surface area (Å²) in [5, 5.41) is 4.81. The maximum atomic E-state index is 9.48. The zero-order valence-corrected chi connectivity index (χ0v) is 11.8. The van der Waals surface area contributed by atoms with E-state index >= 15 is 0 Å². The van der Waals surface area contributed by atoms with Crippen molar-refractivity contribution in [3.05, 3.63) is 35.4 Å². The zero-order chi connectivity index (χ0) is 22.6. The van der Waals surface area contributed by atoms with Gasteiger partial charge >= 0.3 is 0 Å². The van der Waals surface area contributed by atoms with Gasteiger partial charge in [-0.25, -0.2) is 0 Å². The number of aliphatic hydroxyl groups excluding tert-OH is 1. The number of nitrogens with zero attached hydrogens (tertiary/aromatic N) is 1. The van der Waals surface area contributed by atoms with Crippen molar-refractivity contribution in [2.24, 2.45) is 5.89 Å². The molecule has 1 fully saturated rings. The molecule has 0 radical (unpaired) electrons. The number of rotatable bonds is 2. The van der Waals surface area contributed by atoms with E-state index < -0.39 is 43.5 Å². The lowest BCUT2D eigenvalue weighted by Crippen LogP contribution is -2.64. The summed E-state index contributed by atoms with van der Waals surface area (Å²) in [7, 11) is -2.75. The smallest absolute Gasteiger partial charge is 0.211 e. The predicted molar refractivity (Wildman–Crippen MR) is 82.5 cm³/mol. The fraction of sp³-hybridized carbons (Fsp3) is 0.556. The van der Waals surface area contributed by atoms with E-state index in [0.717, 1.165) is 0 Å². The molecular formula is C18H21NO3. The number of likely N-dealkylation sites (tertiary alicyclic amines) is 1. The van der Waals surface area contributed by atoms with E-state index in [-0.39, 0.29) is 30.9 Å². The molecule has 1 spiro atoms. The molecule has 5 rings (SSSR count). The molecule has 2 bridgehead atoms. The molecule has 2 aliphatic heterocycles. The number of aliphatic hydroxyl groups is 1. The molecule has 5 atom stereocenters. The minimum absolute atomic E-state index is 0.0618. The Morgan fingerprint density at radius 1 is 1.55 bits per heavy atom. The Bertz CT molecular complexity index is 979. The van der Waals surface area contributed by atoms with Crippen molar-refractivity contribution in [2.45, 2.75) is 36.5 Å². The molecular weight excluding hydrogens is 278 g/mol. The molecule has 22 heavy (non-hydrogen) atoms. The molecule has 2 heterocycles. The predicted octanol–water partition coefficient (Wildman–Crippen LogP) is 1.50. The number of piperidine rings is 1. The number of hydrogen-bond acceptors (Lipinski definition) is 4. The summed E-state index contributed by atoms with van der Waals surface area (Å²) in [6.45, 7) is -2.33. The first kappa shape index (κ1) is 6.93. The third-order valence-electron chi connectivity index (χ3n) is 5.46. The standard InChI is InChI=1S/C18H21NO3/c1-19-8-7-18-11-4-5-13(20)17(18)22-16-14(21-2)6-3-10(15(16)18)9-12(11)19/h3-6,11-13,17,20H,7-9H2,1-2H3/t11-,12+,13?,17?,18-/m0/s1/i1D3,2D3,11D,17D,20D. The van der Waals surface area contributed by atoms with Gasteiger partial charge in [-0.1, -0.05) is 18.2 Å². The molecule has 0 amide bonds. The van der Waals surface area contributed by atoms with Gasteiger partial charge in [0.2, 0.25) is 1.43 Å². The van der Waals surface area contributed by atoms with E-state index in [4.69, 9.17) is 24.2 Å². The second kappa shape index (κ2) is 4.06. The van der Waals surface area contributed by atoms with Crippen LogP contribution in [0.15, 0.2) is 24.3 Å². The van der Waals surface area contributed by atoms with E-state index in [2.05, 4.69) is 0 Å². The van der Waals surface area contributed by atoms with E-state index in [9.17, 15) is 2.74 Å². The summed E-state index contributed by atoms with van der Waals surface area (Å²) in [4.78, 5) is 1.33. The molecule has 4 aliphatic rings. The Morgan fingerprint density at radius 2 is 2.55 bits per heavy atom. The average molecular weight is 308 g/mol. The van der Waals surface area contributed by atoms with Crippen molar-refractivity contribution >= 4 is 0 Å². The molecule has 116 valence electrons. The highest BCUT2D eigenvalue weighted by molar-refractivity contribution is 5.62. The van der Waals surface area contributed by atoms with Gasteiger partial charge in [-0.2, -0.15) is 0 Å². The third-order valence-corrected chi connectivity index (χ3v) is 5.46. The number of methoxy groups -OCH3 is 1. The van der Waals surface area contributed by atoms with Crippen LogP contribution in [0.3, 0.4) is 0 Å². The molecule has 0 saturated carbocycles. The van der Waals surface area contributed by atoms with Gasteiger partial charge in [-0.15, -0.1) is 0 Å². The third kappa shape index (κ3) is 1.28. The van der Waals surface area contributed by atoms with Crippen LogP contribution in [0.5, 0.6) is 11.5 Å². The maximum absolute atomic E-state index is 9.48. The monoisotopic (exact) mass is 308 g/mol. The van der Waals surface area contributed by atoms with Crippen molar-refractivity contribution in [1.82, 2.24) is 4.90 Å². The Kier molecular flexibility index (Phi) is 1.28. The van der Waals surface area contributed by atoms with E-state index in [1.807, 2.05) is 0 Å². The van der Waals surface area contributed by atoms with Crippen LogP contribution in [-0.4, -0.2) is 50.2 Å². The SMILES string of the molecule is [2H]OC1C=C[C@@]2([2H])[C@H]3Cc4ccc(OC([2H])([2H])[2H])c5c4[C@@]2(CCN3C([2H])([2H])[2H])C1([2H])O5. The molecule has 1 aromatic carbocycles. The Morgan fingerprint density at radius 3 is 3.41 bits per heavy atom. The van der Waals surface area contributed by atoms with Gasteiger partial charge in [0.05, 0.1) is 12.5 Å².